The van der Waals surface area contributed by atoms with Crippen LogP contribution < -0.4 is 0 Å². The molecule has 84 valence electrons. The predicted octanol–water partition coefficient (Wildman–Crippen LogP) is 3.59. The summed E-state index contributed by atoms with van der Waals surface area (Å²) in [7, 11) is 0. The molecule has 0 radical (unpaired) electrons. The average molecular weight is 198 g/mol. The maximum absolute atomic E-state index is 5.76. The summed E-state index contributed by atoms with van der Waals surface area (Å²) in [4.78, 5) is 0. The molecule has 0 unspecified atom stereocenters. The van der Waals surface area contributed by atoms with Crippen molar-refractivity contribution in [1.82, 2.24) is 0 Å². The van der Waals surface area contributed by atoms with E-state index < -0.39 is 0 Å². The van der Waals surface area contributed by atoms with E-state index in [2.05, 4.69) is 41.5 Å². The zero-order valence-electron chi connectivity index (χ0n) is 10.6. The first-order chi connectivity index (χ1) is 6.43. The Bertz CT molecular complexity index is 174. The quantitative estimate of drug-likeness (QED) is 0.673. The molecule has 0 aromatic heterocycles. The van der Waals surface area contributed by atoms with Crippen LogP contribution in [0.5, 0.6) is 0 Å². The van der Waals surface area contributed by atoms with Crippen LogP contribution in [0, 0.1) is 29.1 Å². The summed E-state index contributed by atoms with van der Waals surface area (Å²) in [5.74, 6) is 2.92. The van der Waals surface area contributed by atoms with Crippen molar-refractivity contribution in [2.75, 3.05) is 13.2 Å². The second-order valence-electron chi connectivity index (χ2n) is 5.79. The van der Waals surface area contributed by atoms with Crippen molar-refractivity contribution in [1.29, 1.82) is 0 Å². The maximum atomic E-state index is 5.76. The third kappa shape index (κ3) is 1.71. The first-order valence-electron chi connectivity index (χ1n) is 6.00. The first kappa shape index (κ1) is 12.0. The van der Waals surface area contributed by atoms with Crippen molar-refractivity contribution in [3.63, 3.8) is 0 Å². The van der Waals surface area contributed by atoms with Gasteiger partial charge in [-0.25, -0.2) is 0 Å². The summed E-state index contributed by atoms with van der Waals surface area (Å²) in [5, 5.41) is 0. The molecule has 0 saturated carbocycles. The van der Waals surface area contributed by atoms with Crippen molar-refractivity contribution < 1.29 is 4.74 Å². The average Bonchev–Trinajstić information content (AvgIpc) is 2.47. The Morgan fingerprint density at radius 3 is 1.79 bits per heavy atom. The molecule has 0 aromatic carbocycles. The van der Waals surface area contributed by atoms with E-state index >= 15 is 0 Å². The van der Waals surface area contributed by atoms with E-state index in [0.29, 0.717) is 5.41 Å². The molecule has 1 heterocycles. The van der Waals surface area contributed by atoms with Gasteiger partial charge in [0, 0.05) is 5.41 Å². The third-order valence-electron chi connectivity index (χ3n) is 4.29. The summed E-state index contributed by atoms with van der Waals surface area (Å²) in [5.41, 5.74) is 0.411. The number of rotatable bonds is 3. The molecule has 1 aliphatic rings. The van der Waals surface area contributed by atoms with Gasteiger partial charge in [0.15, 0.2) is 0 Å². The number of hydrogen-bond acceptors (Lipinski definition) is 1. The highest BCUT2D eigenvalue weighted by Crippen LogP contribution is 2.49. The molecule has 1 atom stereocenters. The van der Waals surface area contributed by atoms with Crippen molar-refractivity contribution in [3.8, 4) is 0 Å². The fourth-order valence-corrected chi connectivity index (χ4v) is 3.29. The second-order valence-corrected chi connectivity index (χ2v) is 5.79. The molecule has 1 nitrogen and oxygen atoms in total. The Morgan fingerprint density at radius 1 is 1.00 bits per heavy atom. The molecule has 1 heteroatoms. The van der Waals surface area contributed by atoms with Gasteiger partial charge in [-0.05, 0) is 23.7 Å². The molecule has 0 aliphatic carbocycles. The van der Waals surface area contributed by atoms with Crippen molar-refractivity contribution >= 4 is 0 Å². The Morgan fingerprint density at radius 2 is 1.50 bits per heavy atom. The van der Waals surface area contributed by atoms with Crippen LogP contribution >= 0.6 is 0 Å². The molecule has 0 bridgehead atoms. The van der Waals surface area contributed by atoms with E-state index in [0.717, 1.165) is 36.9 Å². The lowest BCUT2D eigenvalue weighted by atomic mass is 9.60. The first-order valence-corrected chi connectivity index (χ1v) is 6.00. The lowest BCUT2D eigenvalue weighted by Gasteiger charge is -2.43. The van der Waals surface area contributed by atoms with Gasteiger partial charge < -0.3 is 4.74 Å². The largest absolute Gasteiger partial charge is 0.381 e. The van der Waals surface area contributed by atoms with Gasteiger partial charge in [0.1, 0.15) is 0 Å². The van der Waals surface area contributed by atoms with Gasteiger partial charge in [0.05, 0.1) is 13.2 Å². The number of hydrogen-bond donors (Lipinski definition) is 0. The molecule has 0 spiro atoms. The Balaban J connectivity index is 2.95. The maximum Gasteiger partial charge on any atom is 0.0531 e. The Hall–Kier alpha value is -0.0400. The third-order valence-corrected chi connectivity index (χ3v) is 4.29. The monoisotopic (exact) mass is 198 g/mol. The van der Waals surface area contributed by atoms with E-state index in [1.54, 1.807) is 0 Å². The van der Waals surface area contributed by atoms with E-state index in [4.69, 9.17) is 4.74 Å². The lowest BCUT2D eigenvalue weighted by Crippen LogP contribution is -2.42. The predicted molar refractivity (Wildman–Crippen MR) is 61.3 cm³/mol. The van der Waals surface area contributed by atoms with Crippen LogP contribution in [0.15, 0.2) is 0 Å². The van der Waals surface area contributed by atoms with Gasteiger partial charge in [-0.15, -0.1) is 0 Å². The van der Waals surface area contributed by atoms with Crippen LogP contribution in [-0.4, -0.2) is 13.2 Å². The minimum atomic E-state index is 0.411. The van der Waals surface area contributed by atoms with E-state index in [-0.39, 0.29) is 0 Å². The van der Waals surface area contributed by atoms with Gasteiger partial charge in [-0.1, -0.05) is 41.5 Å². The van der Waals surface area contributed by atoms with Gasteiger partial charge in [-0.2, -0.15) is 0 Å². The highest BCUT2D eigenvalue weighted by atomic mass is 16.5. The molecule has 0 N–H and O–H groups in total. The zero-order valence-corrected chi connectivity index (χ0v) is 10.6. The molecule has 0 aromatic rings. The highest BCUT2D eigenvalue weighted by molar-refractivity contribution is 4.96. The SMILES string of the molecule is CC(C)[C@H]1COCC1(C(C)C)C(C)C. The zero-order chi connectivity index (χ0) is 10.9. The Labute approximate surface area is 89.2 Å². The summed E-state index contributed by atoms with van der Waals surface area (Å²) < 4.78 is 5.76. The van der Waals surface area contributed by atoms with Crippen LogP contribution in [0.3, 0.4) is 0 Å². The topological polar surface area (TPSA) is 9.23 Å². The van der Waals surface area contributed by atoms with Crippen molar-refractivity contribution in [2.24, 2.45) is 29.1 Å². The summed E-state index contributed by atoms with van der Waals surface area (Å²) in [6.45, 7) is 16.0. The van der Waals surface area contributed by atoms with Gasteiger partial charge in [0.25, 0.3) is 0 Å². The second kappa shape index (κ2) is 4.22. The van der Waals surface area contributed by atoms with Crippen LogP contribution in [-0.2, 0) is 4.74 Å². The van der Waals surface area contributed by atoms with Gasteiger partial charge in [-0.3, -0.25) is 0 Å². The summed E-state index contributed by atoms with van der Waals surface area (Å²) in [6, 6.07) is 0. The smallest absolute Gasteiger partial charge is 0.0531 e. The summed E-state index contributed by atoms with van der Waals surface area (Å²) in [6.07, 6.45) is 0. The van der Waals surface area contributed by atoms with Crippen molar-refractivity contribution in [3.05, 3.63) is 0 Å². The minimum Gasteiger partial charge on any atom is -0.381 e. The number of ether oxygens (including phenoxy) is 1. The normalized spacial score (nSPS) is 26.8. The molecule has 1 saturated heterocycles. The van der Waals surface area contributed by atoms with Crippen LogP contribution in [0.2, 0.25) is 0 Å². The Kier molecular flexibility index (Phi) is 3.63. The van der Waals surface area contributed by atoms with E-state index in [9.17, 15) is 0 Å². The summed E-state index contributed by atoms with van der Waals surface area (Å²) >= 11 is 0. The van der Waals surface area contributed by atoms with E-state index in [1.807, 2.05) is 0 Å². The van der Waals surface area contributed by atoms with Crippen LogP contribution in [0.1, 0.15) is 41.5 Å². The van der Waals surface area contributed by atoms with E-state index in [1.165, 1.54) is 0 Å². The fourth-order valence-electron chi connectivity index (χ4n) is 3.29. The molecule has 1 fully saturated rings. The molecular weight excluding hydrogens is 172 g/mol. The molecule has 1 aliphatic heterocycles. The van der Waals surface area contributed by atoms with Gasteiger partial charge >= 0.3 is 0 Å². The van der Waals surface area contributed by atoms with Gasteiger partial charge in [0.2, 0.25) is 0 Å². The van der Waals surface area contributed by atoms with Crippen LogP contribution in [0.4, 0.5) is 0 Å². The fraction of sp³-hybridized carbons (Fsp3) is 1.00. The molecule has 14 heavy (non-hydrogen) atoms. The van der Waals surface area contributed by atoms with Crippen LogP contribution in [0.25, 0.3) is 0 Å². The van der Waals surface area contributed by atoms with Crippen molar-refractivity contribution in [2.45, 2.75) is 41.5 Å². The molecule has 1 rings (SSSR count). The highest BCUT2D eigenvalue weighted by Gasteiger charge is 2.49. The molecular formula is C13H26O. The minimum absolute atomic E-state index is 0.411. The standard InChI is InChI=1S/C13H26O/c1-9(2)12-7-14-8-13(12,10(3)4)11(5)6/h9-12H,7-8H2,1-6H3/t12-/m1/s1. The molecule has 0 amide bonds. The lowest BCUT2D eigenvalue weighted by molar-refractivity contribution is 0.0381.